The molecule has 4 heteroatoms. The molecule has 2 nitrogen and oxygen atoms in total. The third-order valence-corrected chi connectivity index (χ3v) is 3.04. The van der Waals surface area contributed by atoms with Gasteiger partial charge in [-0.3, -0.25) is 0 Å². The van der Waals surface area contributed by atoms with Gasteiger partial charge in [0.15, 0.2) is 0 Å². The van der Waals surface area contributed by atoms with Gasteiger partial charge in [0.1, 0.15) is 11.6 Å². The van der Waals surface area contributed by atoms with Gasteiger partial charge in [-0.2, -0.15) is 0 Å². The topological polar surface area (TPSA) is 29.3 Å². The molecule has 0 aromatic heterocycles. The molecule has 0 spiro atoms. The van der Waals surface area contributed by atoms with Crippen molar-refractivity contribution in [1.82, 2.24) is 0 Å². The van der Waals surface area contributed by atoms with E-state index in [4.69, 9.17) is 5.73 Å². The molecule has 0 bridgehead atoms. The fraction of sp³-hybridized carbons (Fsp3) is 0.500. The summed E-state index contributed by atoms with van der Waals surface area (Å²) in [6.45, 7) is 0. The molecule has 0 aliphatic heterocycles. The molecule has 0 amide bonds. The summed E-state index contributed by atoms with van der Waals surface area (Å²) in [4.78, 5) is 1.60. The van der Waals surface area contributed by atoms with Crippen molar-refractivity contribution >= 4 is 5.69 Å². The molecule has 1 saturated carbocycles. The summed E-state index contributed by atoms with van der Waals surface area (Å²) in [5, 5.41) is 0. The number of rotatable bonds is 3. The van der Waals surface area contributed by atoms with Gasteiger partial charge in [0.2, 0.25) is 0 Å². The van der Waals surface area contributed by atoms with Crippen LogP contribution < -0.4 is 10.6 Å². The second kappa shape index (κ2) is 3.70. The first-order valence-corrected chi connectivity index (χ1v) is 5.36. The summed E-state index contributed by atoms with van der Waals surface area (Å²) >= 11 is 0. The average molecular weight is 226 g/mol. The highest BCUT2D eigenvalue weighted by Gasteiger charge is 2.39. The molecule has 2 rings (SSSR count). The Labute approximate surface area is 94.0 Å². The zero-order chi connectivity index (χ0) is 11.9. The number of nitrogens with zero attached hydrogens (tertiary/aromatic N) is 1. The molecule has 1 aliphatic carbocycles. The highest BCUT2D eigenvalue weighted by atomic mass is 19.1. The van der Waals surface area contributed by atoms with E-state index < -0.39 is 5.82 Å². The van der Waals surface area contributed by atoms with Crippen LogP contribution in [0.2, 0.25) is 0 Å². The maximum Gasteiger partial charge on any atom is 0.146 e. The molecule has 88 valence electrons. The quantitative estimate of drug-likeness (QED) is 0.854. The van der Waals surface area contributed by atoms with E-state index in [9.17, 15) is 8.78 Å². The van der Waals surface area contributed by atoms with Crippen molar-refractivity contribution in [2.45, 2.75) is 24.8 Å². The Morgan fingerprint density at radius 1 is 1.25 bits per heavy atom. The van der Waals surface area contributed by atoms with Crippen LogP contribution in [0.25, 0.3) is 0 Å². The van der Waals surface area contributed by atoms with Gasteiger partial charge in [0.25, 0.3) is 0 Å². The molecule has 0 radical (unpaired) electrons. The molecule has 1 aliphatic rings. The third-order valence-electron chi connectivity index (χ3n) is 3.04. The van der Waals surface area contributed by atoms with Crippen molar-refractivity contribution in [3.8, 4) is 0 Å². The van der Waals surface area contributed by atoms with Crippen molar-refractivity contribution in [1.29, 1.82) is 0 Å². The molecule has 1 aromatic rings. The number of hydrogen-bond donors (Lipinski definition) is 1. The number of hydrogen-bond acceptors (Lipinski definition) is 2. The maximum atomic E-state index is 13.7. The van der Waals surface area contributed by atoms with E-state index in [1.54, 1.807) is 19.0 Å². The molecule has 1 fully saturated rings. The standard InChI is InChI=1S/C12H16F2N2/c1-16(2)11-8(7-12(15)5-6-12)9(13)3-4-10(11)14/h3-4H,5-7,15H2,1-2H3. The first-order chi connectivity index (χ1) is 7.43. The van der Waals surface area contributed by atoms with E-state index in [0.717, 1.165) is 18.9 Å². The molecule has 16 heavy (non-hydrogen) atoms. The summed E-state index contributed by atoms with van der Waals surface area (Å²) < 4.78 is 27.3. The second-order valence-corrected chi connectivity index (χ2v) is 4.79. The van der Waals surface area contributed by atoms with E-state index in [1.807, 2.05) is 0 Å². The van der Waals surface area contributed by atoms with Gasteiger partial charge in [-0.05, 0) is 31.4 Å². The lowest BCUT2D eigenvalue weighted by Gasteiger charge is -2.20. The Hall–Kier alpha value is -1.16. The van der Waals surface area contributed by atoms with E-state index in [-0.39, 0.29) is 11.4 Å². The molecular formula is C12H16F2N2. The summed E-state index contributed by atoms with van der Waals surface area (Å²) in [7, 11) is 3.41. The number of anilines is 1. The summed E-state index contributed by atoms with van der Waals surface area (Å²) in [5.41, 5.74) is 6.35. The number of benzene rings is 1. The van der Waals surface area contributed by atoms with Crippen LogP contribution in [0.5, 0.6) is 0 Å². The van der Waals surface area contributed by atoms with Gasteiger partial charge < -0.3 is 10.6 Å². The fourth-order valence-electron chi connectivity index (χ4n) is 1.92. The van der Waals surface area contributed by atoms with Crippen LogP contribution in [0.3, 0.4) is 0 Å². The van der Waals surface area contributed by atoms with Gasteiger partial charge in [-0.25, -0.2) is 8.78 Å². The second-order valence-electron chi connectivity index (χ2n) is 4.79. The minimum absolute atomic E-state index is 0.316. The van der Waals surface area contributed by atoms with E-state index in [1.165, 1.54) is 6.07 Å². The molecule has 2 N–H and O–H groups in total. The predicted octanol–water partition coefficient (Wildman–Crippen LogP) is 2.06. The fourth-order valence-corrected chi connectivity index (χ4v) is 1.92. The normalized spacial score (nSPS) is 17.3. The smallest absolute Gasteiger partial charge is 0.146 e. The molecule has 0 heterocycles. The lowest BCUT2D eigenvalue weighted by Crippen LogP contribution is -2.27. The van der Waals surface area contributed by atoms with Crippen LogP contribution in [-0.4, -0.2) is 19.6 Å². The maximum absolute atomic E-state index is 13.7. The predicted molar refractivity (Wildman–Crippen MR) is 60.5 cm³/mol. The molecule has 0 atom stereocenters. The largest absolute Gasteiger partial charge is 0.375 e. The Bertz CT molecular complexity index is 412. The minimum atomic E-state index is -0.398. The Morgan fingerprint density at radius 2 is 1.81 bits per heavy atom. The third kappa shape index (κ3) is 2.02. The van der Waals surface area contributed by atoms with Crippen molar-refractivity contribution in [3.05, 3.63) is 29.3 Å². The van der Waals surface area contributed by atoms with Crippen molar-refractivity contribution in [2.24, 2.45) is 5.73 Å². The summed E-state index contributed by atoms with van der Waals surface area (Å²) in [5.74, 6) is -0.771. The van der Waals surface area contributed by atoms with Crippen LogP contribution >= 0.6 is 0 Å². The highest BCUT2D eigenvalue weighted by molar-refractivity contribution is 5.55. The first-order valence-electron chi connectivity index (χ1n) is 5.36. The van der Waals surface area contributed by atoms with Crippen LogP contribution in [0.4, 0.5) is 14.5 Å². The average Bonchev–Trinajstić information content (AvgIpc) is 2.90. The number of halogens is 2. The lowest BCUT2D eigenvalue weighted by molar-refractivity contribution is 0.564. The minimum Gasteiger partial charge on any atom is -0.375 e. The zero-order valence-corrected chi connectivity index (χ0v) is 9.56. The monoisotopic (exact) mass is 226 g/mol. The van der Waals surface area contributed by atoms with Gasteiger partial charge in [-0.15, -0.1) is 0 Å². The first kappa shape index (κ1) is 11.3. The van der Waals surface area contributed by atoms with E-state index in [0.29, 0.717) is 17.7 Å². The van der Waals surface area contributed by atoms with Gasteiger partial charge in [0, 0.05) is 25.2 Å². The zero-order valence-electron chi connectivity index (χ0n) is 9.56. The molecule has 0 unspecified atom stereocenters. The molecular weight excluding hydrogens is 210 g/mol. The van der Waals surface area contributed by atoms with Crippen LogP contribution in [0.15, 0.2) is 12.1 Å². The van der Waals surface area contributed by atoms with E-state index >= 15 is 0 Å². The summed E-state index contributed by atoms with van der Waals surface area (Å²) in [6.07, 6.45) is 2.18. The van der Waals surface area contributed by atoms with Gasteiger partial charge in [0.05, 0.1) is 5.69 Å². The summed E-state index contributed by atoms with van der Waals surface area (Å²) in [6, 6.07) is 2.33. The van der Waals surface area contributed by atoms with Gasteiger partial charge >= 0.3 is 0 Å². The van der Waals surface area contributed by atoms with Gasteiger partial charge in [-0.1, -0.05) is 0 Å². The van der Waals surface area contributed by atoms with Crippen LogP contribution in [0.1, 0.15) is 18.4 Å². The highest BCUT2D eigenvalue weighted by Crippen LogP contribution is 2.39. The van der Waals surface area contributed by atoms with E-state index in [2.05, 4.69) is 0 Å². The number of nitrogens with two attached hydrogens (primary N) is 1. The SMILES string of the molecule is CN(C)c1c(F)ccc(F)c1CC1(N)CC1. The Kier molecular flexibility index (Phi) is 2.62. The van der Waals surface area contributed by atoms with Crippen LogP contribution in [-0.2, 0) is 6.42 Å². The van der Waals surface area contributed by atoms with Crippen molar-refractivity contribution < 1.29 is 8.78 Å². The molecule has 0 saturated heterocycles. The molecule has 1 aromatic carbocycles. The van der Waals surface area contributed by atoms with Crippen molar-refractivity contribution in [3.63, 3.8) is 0 Å². The Balaban J connectivity index is 2.43. The Morgan fingerprint density at radius 3 is 2.31 bits per heavy atom. The van der Waals surface area contributed by atoms with Crippen LogP contribution in [0, 0.1) is 11.6 Å². The van der Waals surface area contributed by atoms with Crippen molar-refractivity contribution in [2.75, 3.05) is 19.0 Å². The lowest BCUT2D eigenvalue weighted by atomic mass is 10.0.